The highest BCUT2D eigenvalue weighted by Gasteiger charge is 2.29. The second kappa shape index (κ2) is 13.1. The van der Waals surface area contributed by atoms with E-state index in [2.05, 4.69) is 5.32 Å². The summed E-state index contributed by atoms with van der Waals surface area (Å²) in [6.07, 6.45) is 2.00. The van der Waals surface area contributed by atoms with Gasteiger partial charge in [0.2, 0.25) is 21.8 Å². The lowest BCUT2D eigenvalue weighted by Crippen LogP contribution is -2.50. The van der Waals surface area contributed by atoms with Gasteiger partial charge < -0.3 is 10.2 Å². The zero-order valence-electron chi connectivity index (χ0n) is 22.0. The molecule has 9 heteroatoms. The van der Waals surface area contributed by atoms with E-state index in [1.165, 1.54) is 10.6 Å². The first-order valence-electron chi connectivity index (χ1n) is 12.2. The van der Waals surface area contributed by atoms with Crippen LogP contribution < -0.4 is 9.62 Å². The van der Waals surface area contributed by atoms with Gasteiger partial charge in [0.15, 0.2) is 0 Å². The van der Waals surface area contributed by atoms with Crippen LogP contribution in [0.5, 0.6) is 0 Å². The number of anilines is 1. The maximum atomic E-state index is 13.5. The Morgan fingerprint density at radius 3 is 2.19 bits per heavy atom. The number of carbonyl (C=O) groups is 2. The number of nitrogens with zero attached hydrogens (tertiary/aromatic N) is 2. The number of hydrogen-bond acceptors (Lipinski definition) is 4. The van der Waals surface area contributed by atoms with E-state index < -0.39 is 16.1 Å². The van der Waals surface area contributed by atoms with Crippen LogP contribution in [0.25, 0.3) is 0 Å². The molecule has 0 saturated carbocycles. The van der Waals surface area contributed by atoms with E-state index in [1.54, 1.807) is 11.0 Å². The van der Waals surface area contributed by atoms with Crippen LogP contribution in [0.15, 0.2) is 42.5 Å². The van der Waals surface area contributed by atoms with E-state index in [9.17, 15) is 18.0 Å². The van der Waals surface area contributed by atoms with E-state index in [0.717, 1.165) is 16.7 Å². The van der Waals surface area contributed by atoms with Gasteiger partial charge in [-0.25, -0.2) is 8.42 Å². The minimum absolute atomic E-state index is 0.0649. The summed E-state index contributed by atoms with van der Waals surface area (Å²) in [5.41, 5.74) is 3.25. The molecule has 2 aromatic rings. The normalized spacial score (nSPS) is 12.3. The second-order valence-corrected chi connectivity index (χ2v) is 11.8. The lowest BCUT2D eigenvalue weighted by atomic mass is 10.1. The molecular formula is C27H38ClN3O4S. The standard InChI is InChI=1S/C27H38ClN3O4S/c1-7-25(27(33)29-19(2)3)30(18-22-11-8-9-12-24(22)28)26(32)13-10-14-31(36(6,34)35)23-16-20(4)15-21(5)17-23/h8-9,11-12,15-17,19,25H,7,10,13-14,18H2,1-6H3,(H,29,33)/t25-/m0/s1. The largest absolute Gasteiger partial charge is 0.352 e. The Morgan fingerprint density at radius 1 is 1.06 bits per heavy atom. The summed E-state index contributed by atoms with van der Waals surface area (Å²) in [7, 11) is -3.54. The lowest BCUT2D eigenvalue weighted by molar-refractivity contribution is -0.141. The van der Waals surface area contributed by atoms with Gasteiger partial charge in [-0.1, -0.05) is 42.8 Å². The van der Waals surface area contributed by atoms with Gasteiger partial charge in [0.05, 0.1) is 11.9 Å². The number of amides is 2. The number of benzene rings is 2. The molecule has 0 bridgehead atoms. The average Bonchev–Trinajstić information content (AvgIpc) is 2.75. The summed E-state index contributed by atoms with van der Waals surface area (Å²) < 4.78 is 26.4. The predicted octanol–water partition coefficient (Wildman–Crippen LogP) is 4.84. The Bertz CT molecular complexity index is 1150. The number of nitrogens with one attached hydrogen (secondary N) is 1. The third-order valence-corrected chi connectivity index (χ3v) is 7.32. The zero-order chi connectivity index (χ0) is 27.0. The zero-order valence-corrected chi connectivity index (χ0v) is 23.6. The summed E-state index contributed by atoms with van der Waals surface area (Å²) in [6, 6.07) is 12.1. The summed E-state index contributed by atoms with van der Waals surface area (Å²) in [6.45, 7) is 9.79. The van der Waals surface area contributed by atoms with Crippen molar-refractivity contribution in [3.8, 4) is 0 Å². The van der Waals surface area contributed by atoms with Crippen LogP contribution in [0.1, 0.15) is 56.7 Å². The van der Waals surface area contributed by atoms with Crippen molar-refractivity contribution in [3.63, 3.8) is 0 Å². The molecule has 2 aromatic carbocycles. The number of halogens is 1. The third-order valence-electron chi connectivity index (χ3n) is 5.76. The molecule has 1 N–H and O–H groups in total. The fraction of sp³-hybridized carbons (Fsp3) is 0.481. The van der Waals surface area contributed by atoms with Gasteiger partial charge in [0.25, 0.3) is 0 Å². The van der Waals surface area contributed by atoms with Crippen LogP contribution >= 0.6 is 11.6 Å². The summed E-state index contributed by atoms with van der Waals surface area (Å²) >= 11 is 6.36. The molecule has 0 spiro atoms. The van der Waals surface area contributed by atoms with Crippen LogP contribution in [-0.4, -0.2) is 50.0 Å². The van der Waals surface area contributed by atoms with Crippen LogP contribution in [0.2, 0.25) is 5.02 Å². The summed E-state index contributed by atoms with van der Waals surface area (Å²) in [4.78, 5) is 28.0. The monoisotopic (exact) mass is 535 g/mol. The molecule has 0 radical (unpaired) electrons. The first kappa shape index (κ1) is 29.6. The van der Waals surface area contributed by atoms with Gasteiger partial charge in [-0.3, -0.25) is 13.9 Å². The number of rotatable bonds is 12. The van der Waals surface area contributed by atoms with Crippen LogP contribution in [-0.2, 0) is 26.2 Å². The molecule has 0 aliphatic carbocycles. The maximum absolute atomic E-state index is 13.5. The summed E-state index contributed by atoms with van der Waals surface area (Å²) in [5.74, 6) is -0.449. The first-order valence-corrected chi connectivity index (χ1v) is 14.4. The van der Waals surface area contributed by atoms with Crippen molar-refractivity contribution in [2.24, 2.45) is 0 Å². The van der Waals surface area contributed by atoms with Crippen molar-refractivity contribution in [2.75, 3.05) is 17.1 Å². The predicted molar refractivity (Wildman–Crippen MR) is 147 cm³/mol. The number of hydrogen-bond donors (Lipinski definition) is 1. The molecule has 0 heterocycles. The van der Waals surface area contributed by atoms with E-state index in [0.29, 0.717) is 23.6 Å². The number of aryl methyl sites for hydroxylation is 2. The molecule has 0 saturated heterocycles. The Labute approximate surface area is 220 Å². The second-order valence-electron chi connectivity index (χ2n) is 9.48. The summed E-state index contributed by atoms with van der Waals surface area (Å²) in [5, 5.41) is 3.42. The van der Waals surface area contributed by atoms with Gasteiger partial charge >= 0.3 is 0 Å². The molecule has 0 aromatic heterocycles. The highest BCUT2D eigenvalue weighted by Crippen LogP contribution is 2.23. The minimum Gasteiger partial charge on any atom is -0.352 e. The Hall–Kier alpha value is -2.58. The topological polar surface area (TPSA) is 86.8 Å². The van der Waals surface area contributed by atoms with Gasteiger partial charge in [-0.2, -0.15) is 0 Å². The molecule has 0 unspecified atom stereocenters. The van der Waals surface area contributed by atoms with E-state index >= 15 is 0 Å². The Kier molecular flexibility index (Phi) is 10.8. The van der Waals surface area contributed by atoms with E-state index in [1.807, 2.05) is 71.0 Å². The molecule has 1 atom stereocenters. The van der Waals surface area contributed by atoms with Crippen molar-refractivity contribution in [3.05, 3.63) is 64.2 Å². The number of carbonyl (C=O) groups excluding carboxylic acids is 2. The maximum Gasteiger partial charge on any atom is 0.243 e. The van der Waals surface area contributed by atoms with Gasteiger partial charge in [-0.15, -0.1) is 0 Å². The molecule has 2 amide bonds. The average molecular weight is 536 g/mol. The van der Waals surface area contributed by atoms with E-state index in [-0.39, 0.29) is 37.4 Å². The SMILES string of the molecule is CC[C@@H](C(=O)NC(C)C)N(Cc1ccccc1Cl)C(=O)CCCN(c1cc(C)cc(C)c1)S(C)(=O)=O. The quantitative estimate of drug-likeness (QED) is 0.421. The first-order chi connectivity index (χ1) is 16.8. The molecule has 0 aliphatic heterocycles. The molecule has 7 nitrogen and oxygen atoms in total. The molecular weight excluding hydrogens is 498 g/mol. The van der Waals surface area contributed by atoms with Crippen molar-refractivity contribution >= 4 is 39.1 Å². The van der Waals surface area contributed by atoms with Crippen LogP contribution in [0.4, 0.5) is 5.69 Å². The fourth-order valence-electron chi connectivity index (χ4n) is 4.21. The van der Waals surface area contributed by atoms with Gasteiger partial charge in [-0.05, 0) is 75.4 Å². The molecule has 198 valence electrons. The third kappa shape index (κ3) is 8.52. The van der Waals surface area contributed by atoms with Crippen molar-refractivity contribution in [1.29, 1.82) is 0 Å². The van der Waals surface area contributed by atoms with Gasteiger partial charge in [0.1, 0.15) is 6.04 Å². The van der Waals surface area contributed by atoms with E-state index in [4.69, 9.17) is 11.6 Å². The molecule has 0 fully saturated rings. The molecule has 0 aliphatic rings. The molecule has 2 rings (SSSR count). The van der Waals surface area contributed by atoms with Crippen LogP contribution in [0, 0.1) is 13.8 Å². The van der Waals surface area contributed by atoms with Crippen molar-refractivity contribution < 1.29 is 18.0 Å². The van der Waals surface area contributed by atoms with Crippen molar-refractivity contribution in [1.82, 2.24) is 10.2 Å². The highest BCUT2D eigenvalue weighted by molar-refractivity contribution is 7.92. The van der Waals surface area contributed by atoms with Crippen LogP contribution in [0.3, 0.4) is 0 Å². The molecule has 36 heavy (non-hydrogen) atoms. The highest BCUT2D eigenvalue weighted by atomic mass is 35.5. The minimum atomic E-state index is -3.54. The Balaban J connectivity index is 2.25. The number of sulfonamides is 1. The lowest BCUT2D eigenvalue weighted by Gasteiger charge is -2.32. The fourth-order valence-corrected chi connectivity index (χ4v) is 5.35. The Morgan fingerprint density at radius 2 is 1.67 bits per heavy atom. The van der Waals surface area contributed by atoms with Gasteiger partial charge in [0, 0.05) is 30.6 Å². The smallest absolute Gasteiger partial charge is 0.243 e. The van der Waals surface area contributed by atoms with Crippen molar-refractivity contribution in [2.45, 2.75) is 72.5 Å².